The molecule has 3 N–H and O–H groups in total. The van der Waals surface area contributed by atoms with E-state index in [0.29, 0.717) is 10.9 Å². The Morgan fingerprint density at radius 1 is 1.35 bits per heavy atom. The van der Waals surface area contributed by atoms with E-state index in [1.807, 2.05) is 24.4 Å². The predicted octanol–water partition coefficient (Wildman–Crippen LogP) is 3.39. The van der Waals surface area contributed by atoms with Crippen molar-refractivity contribution in [2.45, 2.75) is 6.92 Å². The monoisotopic (exact) mass is 404 g/mol. The van der Waals surface area contributed by atoms with E-state index in [4.69, 9.17) is 10.5 Å². The Labute approximate surface area is 159 Å². The lowest BCUT2D eigenvalue weighted by atomic mass is 10.2. The van der Waals surface area contributed by atoms with Crippen molar-refractivity contribution in [2.24, 2.45) is 5.73 Å². The van der Waals surface area contributed by atoms with Gasteiger partial charge in [-0.25, -0.2) is 9.97 Å². The van der Waals surface area contributed by atoms with Crippen LogP contribution in [0, 0.1) is 6.92 Å². The average molecular weight is 404 g/mol. The van der Waals surface area contributed by atoms with Crippen molar-refractivity contribution in [3.05, 3.63) is 33.6 Å². The van der Waals surface area contributed by atoms with E-state index in [1.165, 1.54) is 6.20 Å². The molecule has 0 saturated heterocycles. The number of anilines is 1. The third-order valence-electron chi connectivity index (χ3n) is 3.52. The number of nitrogens with two attached hydrogens (primary N) is 1. The van der Waals surface area contributed by atoms with Crippen molar-refractivity contribution in [2.75, 3.05) is 11.9 Å². The molecular formula is C16H12N4O3S3. The summed E-state index contributed by atoms with van der Waals surface area (Å²) in [6.45, 7) is 1.80. The summed E-state index contributed by atoms with van der Waals surface area (Å²) in [7, 11) is 0. The van der Waals surface area contributed by atoms with Gasteiger partial charge in [0.25, 0.3) is 11.8 Å². The predicted molar refractivity (Wildman–Crippen MR) is 104 cm³/mol. The number of aromatic nitrogens is 2. The number of nitrogens with zero attached hydrogens (tertiary/aromatic N) is 2. The van der Waals surface area contributed by atoms with Crippen molar-refractivity contribution < 1.29 is 14.3 Å². The second-order valence-corrected chi connectivity index (χ2v) is 8.53. The number of thiazole rings is 2. The largest absolute Gasteiger partial charge is 0.483 e. The van der Waals surface area contributed by atoms with E-state index >= 15 is 0 Å². The molecule has 132 valence electrons. The first-order chi connectivity index (χ1) is 12.5. The maximum Gasteiger partial charge on any atom is 0.264 e. The normalized spacial score (nSPS) is 11.1. The van der Waals surface area contributed by atoms with E-state index < -0.39 is 5.91 Å². The highest BCUT2D eigenvalue weighted by molar-refractivity contribution is 7.21. The van der Waals surface area contributed by atoms with Gasteiger partial charge < -0.3 is 10.5 Å². The number of aryl methyl sites for hydroxylation is 1. The van der Waals surface area contributed by atoms with Gasteiger partial charge in [-0.05, 0) is 18.4 Å². The number of carbonyl (C=O) groups excluding carboxylic acids is 2. The van der Waals surface area contributed by atoms with Crippen LogP contribution in [0.4, 0.5) is 5.13 Å². The molecule has 0 saturated carbocycles. The number of hydrogen-bond acceptors (Lipinski definition) is 8. The summed E-state index contributed by atoms with van der Waals surface area (Å²) in [5, 5.41) is 6.81. The highest BCUT2D eigenvalue weighted by atomic mass is 32.1. The van der Waals surface area contributed by atoms with Gasteiger partial charge in [-0.2, -0.15) is 0 Å². The summed E-state index contributed by atoms with van der Waals surface area (Å²) >= 11 is 4.21. The van der Waals surface area contributed by atoms with Gasteiger partial charge in [-0.1, -0.05) is 11.3 Å². The van der Waals surface area contributed by atoms with E-state index in [2.05, 4.69) is 15.3 Å². The van der Waals surface area contributed by atoms with Crippen molar-refractivity contribution in [1.82, 2.24) is 9.97 Å². The SMILES string of the molecule is Cc1nc2c(cc(OCC(=O)Nc3ncc(C(N)=O)s3)c3ccsc32)s1. The summed E-state index contributed by atoms with van der Waals surface area (Å²) in [6, 6.07) is 3.87. The van der Waals surface area contributed by atoms with Gasteiger partial charge in [-0.15, -0.1) is 22.7 Å². The first kappa shape index (κ1) is 16.9. The lowest BCUT2D eigenvalue weighted by Gasteiger charge is -2.07. The molecule has 0 radical (unpaired) electrons. The van der Waals surface area contributed by atoms with Crippen LogP contribution in [0.25, 0.3) is 20.3 Å². The minimum absolute atomic E-state index is 0.167. The number of nitrogens with one attached hydrogen (secondary N) is 1. The van der Waals surface area contributed by atoms with Crippen LogP contribution in [-0.4, -0.2) is 28.4 Å². The van der Waals surface area contributed by atoms with Gasteiger partial charge in [0.2, 0.25) is 0 Å². The number of thiophene rings is 1. The maximum atomic E-state index is 12.1. The molecule has 2 amide bonds. The number of rotatable bonds is 5. The zero-order valence-electron chi connectivity index (χ0n) is 13.4. The molecule has 0 aliphatic rings. The van der Waals surface area contributed by atoms with Crippen molar-refractivity contribution >= 4 is 71.3 Å². The Morgan fingerprint density at radius 3 is 2.96 bits per heavy atom. The highest BCUT2D eigenvalue weighted by Gasteiger charge is 2.14. The van der Waals surface area contributed by atoms with Gasteiger partial charge in [0.15, 0.2) is 11.7 Å². The minimum Gasteiger partial charge on any atom is -0.483 e. The van der Waals surface area contributed by atoms with E-state index in [9.17, 15) is 9.59 Å². The smallest absolute Gasteiger partial charge is 0.264 e. The average Bonchev–Trinajstić information content (AvgIpc) is 3.30. The summed E-state index contributed by atoms with van der Waals surface area (Å²) in [5.74, 6) is -0.295. The lowest BCUT2D eigenvalue weighted by molar-refractivity contribution is -0.118. The van der Waals surface area contributed by atoms with Crippen LogP contribution in [0.2, 0.25) is 0 Å². The standard InChI is InChI=1S/C16H12N4O3S3/c1-7-19-13-10(25-7)4-9(8-2-3-24-14(8)13)23-6-12(21)20-16-18-5-11(26-16)15(17)22/h2-5H,6H2,1H3,(H2,17,22)(H,18,20,21). The number of benzene rings is 1. The lowest BCUT2D eigenvalue weighted by Crippen LogP contribution is -2.20. The Bertz CT molecular complexity index is 1140. The number of amides is 2. The van der Waals surface area contributed by atoms with Crippen molar-refractivity contribution in [3.8, 4) is 5.75 Å². The molecule has 3 aromatic heterocycles. The van der Waals surface area contributed by atoms with E-state index in [-0.39, 0.29) is 17.4 Å². The van der Waals surface area contributed by atoms with Crippen LogP contribution in [-0.2, 0) is 4.79 Å². The summed E-state index contributed by atoms with van der Waals surface area (Å²) < 4.78 is 7.82. The Balaban J connectivity index is 1.52. The second kappa shape index (κ2) is 6.63. The third kappa shape index (κ3) is 3.14. The second-order valence-electron chi connectivity index (χ2n) is 5.35. The fourth-order valence-electron chi connectivity index (χ4n) is 2.45. The highest BCUT2D eigenvalue weighted by Crippen LogP contribution is 2.38. The molecule has 4 rings (SSSR count). The molecule has 0 spiro atoms. The minimum atomic E-state index is -0.577. The summed E-state index contributed by atoms with van der Waals surface area (Å²) in [6.07, 6.45) is 1.33. The molecular weight excluding hydrogens is 392 g/mol. The maximum absolute atomic E-state index is 12.1. The zero-order valence-corrected chi connectivity index (χ0v) is 15.9. The van der Waals surface area contributed by atoms with E-state index in [1.54, 1.807) is 22.7 Å². The number of ether oxygens (including phenoxy) is 1. The first-order valence-corrected chi connectivity index (χ1v) is 9.98. The van der Waals surface area contributed by atoms with Gasteiger partial charge >= 0.3 is 0 Å². The number of primary amides is 1. The third-order valence-corrected chi connectivity index (χ3v) is 6.29. The molecule has 0 aliphatic heterocycles. The number of carbonyl (C=O) groups is 2. The summed E-state index contributed by atoms with van der Waals surface area (Å²) in [5.41, 5.74) is 6.14. The molecule has 0 fully saturated rings. The molecule has 7 nitrogen and oxygen atoms in total. The molecule has 0 unspecified atom stereocenters. The zero-order chi connectivity index (χ0) is 18.3. The molecule has 26 heavy (non-hydrogen) atoms. The summed E-state index contributed by atoms with van der Waals surface area (Å²) in [4.78, 5) is 32.0. The van der Waals surface area contributed by atoms with Crippen LogP contribution < -0.4 is 15.8 Å². The van der Waals surface area contributed by atoms with Crippen LogP contribution >= 0.6 is 34.0 Å². The number of fused-ring (bicyclic) bond motifs is 3. The van der Waals surface area contributed by atoms with Crippen molar-refractivity contribution in [1.29, 1.82) is 0 Å². The fourth-order valence-corrected chi connectivity index (χ4v) is 4.97. The molecule has 4 aromatic rings. The van der Waals surface area contributed by atoms with Gasteiger partial charge in [-0.3, -0.25) is 14.9 Å². The van der Waals surface area contributed by atoms with Crippen LogP contribution in [0.5, 0.6) is 5.75 Å². The van der Waals surface area contributed by atoms with Gasteiger partial charge in [0, 0.05) is 11.5 Å². The number of hydrogen-bond donors (Lipinski definition) is 2. The molecule has 3 heterocycles. The Hall–Kier alpha value is -2.56. The molecule has 0 bridgehead atoms. The first-order valence-electron chi connectivity index (χ1n) is 7.47. The fraction of sp³-hybridized carbons (Fsp3) is 0.125. The van der Waals surface area contributed by atoms with Crippen LogP contribution in [0.1, 0.15) is 14.7 Å². The molecule has 0 atom stereocenters. The topological polar surface area (TPSA) is 107 Å². The molecule has 10 heteroatoms. The van der Waals surface area contributed by atoms with Crippen LogP contribution in [0.15, 0.2) is 23.7 Å². The van der Waals surface area contributed by atoms with Gasteiger partial charge in [0.1, 0.15) is 10.6 Å². The van der Waals surface area contributed by atoms with Crippen molar-refractivity contribution in [3.63, 3.8) is 0 Å². The van der Waals surface area contributed by atoms with E-state index in [0.717, 1.165) is 36.6 Å². The van der Waals surface area contributed by atoms with Gasteiger partial charge in [0.05, 0.1) is 26.1 Å². The molecule has 0 aliphatic carbocycles. The quantitative estimate of drug-likeness (QED) is 0.530. The Kier molecular flexibility index (Phi) is 4.31. The van der Waals surface area contributed by atoms with Crippen LogP contribution in [0.3, 0.4) is 0 Å². The Morgan fingerprint density at radius 2 is 2.19 bits per heavy atom. The molecule has 1 aromatic carbocycles.